The summed E-state index contributed by atoms with van der Waals surface area (Å²) in [5.74, 6) is 1.23. The molecule has 0 aliphatic carbocycles. The van der Waals surface area contributed by atoms with Crippen LogP contribution in [0.15, 0.2) is 0 Å². The van der Waals surface area contributed by atoms with E-state index in [1.807, 2.05) is 7.05 Å². The molecule has 2 N–H and O–H groups in total. The van der Waals surface area contributed by atoms with E-state index in [4.69, 9.17) is 9.79 Å². The van der Waals surface area contributed by atoms with Crippen molar-refractivity contribution in [3.63, 3.8) is 0 Å². The van der Waals surface area contributed by atoms with Crippen molar-refractivity contribution < 1.29 is 27.9 Å². The van der Waals surface area contributed by atoms with Gasteiger partial charge in [0.05, 0.1) is 13.5 Å². The standard InChI is InChI=1S/C9H19N2O4P/c1-4-11(6-5-10(3)9(11)2)7-8-15-16(12,13)14/h4-8H2,1-3H3/p+2. The molecule has 0 bridgehead atoms. The van der Waals surface area contributed by atoms with Gasteiger partial charge in [0.15, 0.2) is 6.54 Å². The van der Waals surface area contributed by atoms with Crippen LogP contribution in [0, 0.1) is 0 Å². The largest absolute Gasteiger partial charge is 0.469 e. The maximum Gasteiger partial charge on any atom is 0.469 e. The van der Waals surface area contributed by atoms with Crippen LogP contribution in [0.25, 0.3) is 0 Å². The Morgan fingerprint density at radius 1 is 1.56 bits per heavy atom. The van der Waals surface area contributed by atoms with Gasteiger partial charge in [0.25, 0.3) is 0 Å². The molecule has 0 radical (unpaired) electrons. The molecule has 0 aromatic rings. The zero-order chi connectivity index (χ0) is 12.4. The third-order valence-corrected chi connectivity index (χ3v) is 4.01. The Morgan fingerprint density at radius 3 is 2.56 bits per heavy atom. The lowest BCUT2D eigenvalue weighted by molar-refractivity contribution is -0.836. The van der Waals surface area contributed by atoms with Gasteiger partial charge in [0.2, 0.25) is 0 Å². The molecule has 0 saturated carbocycles. The van der Waals surface area contributed by atoms with E-state index in [-0.39, 0.29) is 6.61 Å². The van der Waals surface area contributed by atoms with Gasteiger partial charge in [0.1, 0.15) is 26.7 Å². The van der Waals surface area contributed by atoms with Crippen LogP contribution in [-0.4, -0.2) is 64.5 Å². The highest BCUT2D eigenvalue weighted by molar-refractivity contribution is 7.46. The van der Waals surface area contributed by atoms with Gasteiger partial charge < -0.3 is 9.79 Å². The summed E-state index contributed by atoms with van der Waals surface area (Å²) in [6.07, 6.45) is 0. The fourth-order valence-corrected chi connectivity index (χ4v) is 2.50. The van der Waals surface area contributed by atoms with Gasteiger partial charge >= 0.3 is 13.7 Å². The van der Waals surface area contributed by atoms with E-state index in [9.17, 15) is 4.57 Å². The van der Waals surface area contributed by atoms with Gasteiger partial charge in [-0.25, -0.2) is 9.05 Å². The molecule has 94 valence electrons. The van der Waals surface area contributed by atoms with Crippen LogP contribution in [0.2, 0.25) is 0 Å². The number of phosphoric ester groups is 1. The maximum atomic E-state index is 10.6. The molecule has 1 aliphatic heterocycles. The number of hydrogen-bond donors (Lipinski definition) is 2. The maximum absolute atomic E-state index is 10.6. The third-order valence-electron chi connectivity index (χ3n) is 3.49. The Kier molecular flexibility index (Phi) is 4.26. The average molecular weight is 252 g/mol. The lowest BCUT2D eigenvalue weighted by atomic mass is 10.3. The van der Waals surface area contributed by atoms with Gasteiger partial charge in [-0.2, -0.15) is 4.58 Å². The van der Waals surface area contributed by atoms with Crippen molar-refractivity contribution in [2.75, 3.05) is 39.8 Å². The van der Waals surface area contributed by atoms with Crippen LogP contribution in [0.4, 0.5) is 0 Å². The average Bonchev–Trinajstić information content (AvgIpc) is 2.45. The predicted octanol–water partition coefficient (Wildman–Crippen LogP) is 0.00670. The molecule has 1 atom stereocenters. The minimum atomic E-state index is -4.33. The van der Waals surface area contributed by atoms with Crippen molar-refractivity contribution in [2.24, 2.45) is 0 Å². The number of phosphoric acid groups is 1. The van der Waals surface area contributed by atoms with Crippen LogP contribution in [0.1, 0.15) is 13.8 Å². The first-order chi connectivity index (χ1) is 7.31. The molecular formula is C9H21N2O4P+2. The van der Waals surface area contributed by atoms with Crippen molar-refractivity contribution in [1.82, 2.24) is 0 Å². The molecule has 1 aliphatic rings. The Hall–Kier alpha value is -0.260. The van der Waals surface area contributed by atoms with E-state index < -0.39 is 7.82 Å². The second kappa shape index (κ2) is 4.94. The molecule has 0 fully saturated rings. The minimum absolute atomic E-state index is 0.0866. The molecule has 0 saturated heterocycles. The van der Waals surface area contributed by atoms with Crippen molar-refractivity contribution in [2.45, 2.75) is 13.8 Å². The van der Waals surface area contributed by atoms with Crippen LogP contribution in [-0.2, 0) is 9.09 Å². The Morgan fingerprint density at radius 2 is 2.19 bits per heavy atom. The molecule has 1 unspecified atom stereocenters. The molecule has 0 spiro atoms. The van der Waals surface area contributed by atoms with E-state index in [0.717, 1.165) is 24.1 Å². The molecule has 6 nitrogen and oxygen atoms in total. The van der Waals surface area contributed by atoms with Crippen molar-refractivity contribution in [3.8, 4) is 0 Å². The third kappa shape index (κ3) is 3.12. The van der Waals surface area contributed by atoms with E-state index in [1.165, 1.54) is 5.84 Å². The number of likely N-dealkylation sites (N-methyl/N-ethyl adjacent to an activating group) is 2. The van der Waals surface area contributed by atoms with Crippen LogP contribution < -0.4 is 0 Å². The molecule has 0 amide bonds. The minimum Gasteiger partial charge on any atom is -0.303 e. The summed E-state index contributed by atoms with van der Waals surface area (Å²) in [6, 6.07) is 0. The second-order valence-corrected chi connectivity index (χ2v) is 5.44. The summed E-state index contributed by atoms with van der Waals surface area (Å²) in [5, 5.41) is 0. The van der Waals surface area contributed by atoms with E-state index in [2.05, 4.69) is 22.9 Å². The first kappa shape index (κ1) is 13.8. The van der Waals surface area contributed by atoms with Crippen molar-refractivity contribution >= 4 is 13.7 Å². The van der Waals surface area contributed by atoms with Crippen LogP contribution in [0.3, 0.4) is 0 Å². The van der Waals surface area contributed by atoms with Crippen molar-refractivity contribution in [3.05, 3.63) is 0 Å². The lowest BCUT2D eigenvalue weighted by Gasteiger charge is -2.28. The zero-order valence-corrected chi connectivity index (χ0v) is 11.0. The van der Waals surface area contributed by atoms with E-state index in [1.54, 1.807) is 0 Å². The number of nitrogens with zero attached hydrogens (tertiary/aromatic N) is 2. The molecular weight excluding hydrogens is 231 g/mol. The number of quaternary nitrogens is 1. The van der Waals surface area contributed by atoms with Gasteiger partial charge in [-0.05, 0) is 6.92 Å². The summed E-state index contributed by atoms with van der Waals surface area (Å²) in [7, 11) is -2.29. The van der Waals surface area contributed by atoms with Crippen LogP contribution in [0.5, 0.6) is 0 Å². The topological polar surface area (TPSA) is 69.8 Å². The van der Waals surface area contributed by atoms with Gasteiger partial charge in [-0.1, -0.05) is 0 Å². The Labute approximate surface area is 96.0 Å². The fraction of sp³-hybridized carbons (Fsp3) is 0.889. The van der Waals surface area contributed by atoms with Gasteiger partial charge in [-0.15, -0.1) is 0 Å². The lowest BCUT2D eigenvalue weighted by Crippen LogP contribution is -2.51. The van der Waals surface area contributed by atoms with E-state index >= 15 is 0 Å². The Balaban J connectivity index is 2.60. The molecule has 0 aromatic carbocycles. The molecule has 0 aromatic heterocycles. The Bertz CT molecular complexity index is 338. The fourth-order valence-electron chi connectivity index (χ4n) is 2.18. The normalized spacial score (nSPS) is 26.6. The second-order valence-electron chi connectivity index (χ2n) is 4.20. The summed E-state index contributed by atoms with van der Waals surface area (Å²) < 4.78 is 18.1. The molecule has 1 heterocycles. The van der Waals surface area contributed by atoms with Gasteiger partial charge in [0, 0.05) is 0 Å². The first-order valence-corrected chi connectivity index (χ1v) is 6.95. The highest BCUT2D eigenvalue weighted by Gasteiger charge is 2.41. The van der Waals surface area contributed by atoms with Crippen molar-refractivity contribution in [1.29, 1.82) is 0 Å². The predicted molar refractivity (Wildman–Crippen MR) is 60.3 cm³/mol. The zero-order valence-electron chi connectivity index (χ0n) is 10.1. The molecule has 7 heteroatoms. The van der Waals surface area contributed by atoms with Gasteiger partial charge in [-0.3, -0.25) is 4.52 Å². The quantitative estimate of drug-likeness (QED) is 0.411. The van der Waals surface area contributed by atoms with Crippen LogP contribution >= 0.6 is 7.82 Å². The molecule has 1 rings (SSSR count). The summed E-state index contributed by atoms with van der Waals surface area (Å²) in [4.78, 5) is 17.3. The first-order valence-electron chi connectivity index (χ1n) is 5.42. The number of hydrogen-bond acceptors (Lipinski definition) is 2. The monoisotopic (exact) mass is 252 g/mol. The number of rotatable bonds is 5. The van der Waals surface area contributed by atoms with E-state index in [0.29, 0.717) is 6.54 Å². The highest BCUT2D eigenvalue weighted by atomic mass is 31.2. The number of amidine groups is 1. The summed E-state index contributed by atoms with van der Waals surface area (Å²) >= 11 is 0. The SMILES string of the molecule is CC[N+]1(CCOP(=O)(O)O)CC[N+](C)=C1C. The summed E-state index contributed by atoms with van der Waals surface area (Å²) in [6.45, 7) is 7.72. The highest BCUT2D eigenvalue weighted by Crippen LogP contribution is 2.35. The summed E-state index contributed by atoms with van der Waals surface area (Å²) in [5.41, 5.74) is 0. The smallest absolute Gasteiger partial charge is 0.303 e. The molecule has 16 heavy (non-hydrogen) atoms.